The number of nitrogens with one attached hydrogen (secondary N) is 2. The molecular weight excluding hydrogens is 311 g/mol. The zero-order valence-electron chi connectivity index (χ0n) is 11.9. The standard InChI is InChI=1S/C15H12F3N3O2/c1-19-13(22)9-3-2-4-11(7-9)21-14(23)10-5-6-12(20-8-10)15(16,17)18/h2-8H,1H3,(H,19,22)(H,21,23). The molecule has 120 valence electrons. The zero-order chi connectivity index (χ0) is 17.0. The number of aromatic nitrogens is 1. The highest BCUT2D eigenvalue weighted by atomic mass is 19.4. The summed E-state index contributed by atoms with van der Waals surface area (Å²) in [5, 5.41) is 4.94. The molecule has 0 saturated carbocycles. The average Bonchev–Trinajstić information content (AvgIpc) is 2.53. The molecule has 8 heteroatoms. The highest BCUT2D eigenvalue weighted by Gasteiger charge is 2.32. The van der Waals surface area contributed by atoms with E-state index in [9.17, 15) is 22.8 Å². The topological polar surface area (TPSA) is 71.1 Å². The monoisotopic (exact) mass is 323 g/mol. The number of rotatable bonds is 3. The molecule has 0 unspecified atom stereocenters. The van der Waals surface area contributed by atoms with Crippen LogP contribution in [0.2, 0.25) is 0 Å². The van der Waals surface area contributed by atoms with E-state index in [0.29, 0.717) is 11.3 Å². The average molecular weight is 323 g/mol. The molecule has 0 atom stereocenters. The lowest BCUT2D eigenvalue weighted by atomic mass is 10.1. The lowest BCUT2D eigenvalue weighted by molar-refractivity contribution is -0.141. The molecule has 0 aliphatic carbocycles. The van der Waals surface area contributed by atoms with E-state index in [0.717, 1.165) is 18.3 Å². The number of nitrogens with zero attached hydrogens (tertiary/aromatic N) is 1. The number of amides is 2. The smallest absolute Gasteiger partial charge is 0.355 e. The predicted molar refractivity (Wildman–Crippen MR) is 77.0 cm³/mol. The van der Waals surface area contributed by atoms with Crippen LogP contribution in [-0.2, 0) is 6.18 Å². The largest absolute Gasteiger partial charge is 0.433 e. The third kappa shape index (κ3) is 4.06. The Balaban J connectivity index is 2.14. The number of pyridine rings is 1. The van der Waals surface area contributed by atoms with Crippen molar-refractivity contribution in [1.82, 2.24) is 10.3 Å². The van der Waals surface area contributed by atoms with Crippen molar-refractivity contribution in [3.63, 3.8) is 0 Å². The summed E-state index contributed by atoms with van der Waals surface area (Å²) in [5.41, 5.74) is -0.411. The Morgan fingerprint density at radius 3 is 2.35 bits per heavy atom. The summed E-state index contributed by atoms with van der Waals surface area (Å²) in [5.74, 6) is -0.947. The van der Waals surface area contributed by atoms with Crippen LogP contribution in [0.1, 0.15) is 26.4 Å². The van der Waals surface area contributed by atoms with Gasteiger partial charge in [-0.15, -0.1) is 0 Å². The molecule has 2 rings (SSSR count). The van der Waals surface area contributed by atoms with Gasteiger partial charge in [-0.1, -0.05) is 6.07 Å². The molecule has 1 aromatic heterocycles. The maximum Gasteiger partial charge on any atom is 0.433 e. The Hall–Kier alpha value is -2.90. The van der Waals surface area contributed by atoms with Crippen molar-refractivity contribution < 1.29 is 22.8 Å². The maximum atomic E-state index is 12.4. The normalized spacial score (nSPS) is 11.0. The minimum atomic E-state index is -4.56. The van der Waals surface area contributed by atoms with Crippen LogP contribution in [0.5, 0.6) is 0 Å². The van der Waals surface area contributed by atoms with Gasteiger partial charge in [-0.3, -0.25) is 14.6 Å². The number of hydrogen-bond acceptors (Lipinski definition) is 3. The number of hydrogen-bond donors (Lipinski definition) is 2. The SMILES string of the molecule is CNC(=O)c1cccc(NC(=O)c2ccc(C(F)(F)F)nc2)c1. The summed E-state index contributed by atoms with van der Waals surface area (Å²) in [6.07, 6.45) is -3.71. The zero-order valence-corrected chi connectivity index (χ0v) is 11.9. The van der Waals surface area contributed by atoms with E-state index in [1.165, 1.54) is 13.1 Å². The quantitative estimate of drug-likeness (QED) is 0.912. The lowest BCUT2D eigenvalue weighted by Gasteiger charge is -2.08. The first-order valence-electron chi connectivity index (χ1n) is 6.48. The van der Waals surface area contributed by atoms with Gasteiger partial charge in [0.1, 0.15) is 5.69 Å². The van der Waals surface area contributed by atoms with E-state index in [4.69, 9.17) is 0 Å². The summed E-state index contributed by atoms with van der Waals surface area (Å²) in [7, 11) is 1.47. The van der Waals surface area contributed by atoms with E-state index >= 15 is 0 Å². The van der Waals surface area contributed by atoms with Crippen molar-refractivity contribution in [3.8, 4) is 0 Å². The Morgan fingerprint density at radius 1 is 1.04 bits per heavy atom. The molecule has 0 aliphatic heterocycles. The van der Waals surface area contributed by atoms with E-state index in [1.54, 1.807) is 18.2 Å². The Kier molecular flexibility index (Phi) is 4.63. The second kappa shape index (κ2) is 6.47. The first kappa shape index (κ1) is 16.5. The van der Waals surface area contributed by atoms with Crippen LogP contribution in [0.15, 0.2) is 42.6 Å². The molecule has 0 aliphatic rings. The van der Waals surface area contributed by atoms with Gasteiger partial charge in [0.05, 0.1) is 5.56 Å². The van der Waals surface area contributed by atoms with Gasteiger partial charge in [0, 0.05) is 24.5 Å². The van der Waals surface area contributed by atoms with Crippen molar-refractivity contribution in [1.29, 1.82) is 0 Å². The van der Waals surface area contributed by atoms with E-state index in [1.807, 2.05) is 0 Å². The minimum absolute atomic E-state index is 0.0247. The van der Waals surface area contributed by atoms with Crippen LogP contribution in [0, 0.1) is 0 Å². The molecule has 2 amide bonds. The summed E-state index contributed by atoms with van der Waals surface area (Å²) in [6, 6.07) is 7.92. The molecule has 0 bridgehead atoms. The van der Waals surface area contributed by atoms with Crippen molar-refractivity contribution >= 4 is 17.5 Å². The van der Waals surface area contributed by atoms with Gasteiger partial charge in [0.25, 0.3) is 11.8 Å². The van der Waals surface area contributed by atoms with Crippen LogP contribution in [0.3, 0.4) is 0 Å². The second-order valence-electron chi connectivity index (χ2n) is 4.54. The molecule has 5 nitrogen and oxygen atoms in total. The van der Waals surface area contributed by atoms with Crippen LogP contribution in [0.25, 0.3) is 0 Å². The number of carbonyl (C=O) groups is 2. The molecule has 0 saturated heterocycles. The van der Waals surface area contributed by atoms with Gasteiger partial charge >= 0.3 is 6.18 Å². The first-order chi connectivity index (χ1) is 10.8. The van der Waals surface area contributed by atoms with Crippen LogP contribution >= 0.6 is 0 Å². The number of alkyl halides is 3. The summed E-state index contributed by atoms with van der Waals surface area (Å²) >= 11 is 0. The molecule has 23 heavy (non-hydrogen) atoms. The van der Waals surface area contributed by atoms with Gasteiger partial charge in [0.2, 0.25) is 0 Å². The van der Waals surface area contributed by atoms with E-state index in [2.05, 4.69) is 15.6 Å². The van der Waals surface area contributed by atoms with Crippen LogP contribution in [0.4, 0.5) is 18.9 Å². The molecule has 0 radical (unpaired) electrons. The lowest BCUT2D eigenvalue weighted by Crippen LogP contribution is -2.18. The summed E-state index contributed by atoms with van der Waals surface area (Å²) in [6.45, 7) is 0. The highest BCUT2D eigenvalue weighted by Crippen LogP contribution is 2.27. The molecule has 2 aromatic rings. The van der Waals surface area contributed by atoms with E-state index in [-0.39, 0.29) is 11.5 Å². The summed E-state index contributed by atoms with van der Waals surface area (Å²) in [4.78, 5) is 26.7. The van der Waals surface area contributed by atoms with Crippen molar-refractivity contribution in [2.75, 3.05) is 12.4 Å². The van der Waals surface area contributed by atoms with Crippen LogP contribution in [-0.4, -0.2) is 23.8 Å². The summed E-state index contributed by atoms with van der Waals surface area (Å²) < 4.78 is 37.3. The van der Waals surface area contributed by atoms with Gasteiger partial charge in [-0.05, 0) is 30.3 Å². The van der Waals surface area contributed by atoms with Gasteiger partial charge in [-0.2, -0.15) is 13.2 Å². The maximum absolute atomic E-state index is 12.4. The van der Waals surface area contributed by atoms with Crippen molar-refractivity contribution in [2.45, 2.75) is 6.18 Å². The molecule has 0 fully saturated rings. The Morgan fingerprint density at radius 2 is 1.78 bits per heavy atom. The van der Waals surface area contributed by atoms with Gasteiger partial charge < -0.3 is 10.6 Å². The van der Waals surface area contributed by atoms with Gasteiger partial charge in [0.15, 0.2) is 0 Å². The van der Waals surface area contributed by atoms with Gasteiger partial charge in [-0.25, -0.2) is 0 Å². The second-order valence-corrected chi connectivity index (χ2v) is 4.54. The molecule has 1 heterocycles. The van der Waals surface area contributed by atoms with E-state index < -0.39 is 17.8 Å². The molecular formula is C15H12F3N3O2. The fraction of sp³-hybridized carbons (Fsp3) is 0.133. The number of carbonyl (C=O) groups excluding carboxylic acids is 2. The number of halogens is 3. The highest BCUT2D eigenvalue weighted by molar-refractivity contribution is 6.04. The Bertz CT molecular complexity index is 727. The third-order valence-electron chi connectivity index (χ3n) is 2.93. The minimum Gasteiger partial charge on any atom is -0.355 e. The Labute approximate surface area is 129 Å². The predicted octanol–water partition coefficient (Wildman–Crippen LogP) is 2.71. The van der Waals surface area contributed by atoms with Crippen molar-refractivity contribution in [3.05, 3.63) is 59.4 Å². The molecule has 0 spiro atoms. The third-order valence-corrected chi connectivity index (χ3v) is 2.93. The molecule has 1 aromatic carbocycles. The molecule has 2 N–H and O–H groups in total. The fourth-order valence-corrected chi connectivity index (χ4v) is 1.78. The van der Waals surface area contributed by atoms with Crippen LogP contribution < -0.4 is 10.6 Å². The first-order valence-corrected chi connectivity index (χ1v) is 6.48. The van der Waals surface area contributed by atoms with Crippen molar-refractivity contribution in [2.24, 2.45) is 0 Å². The fourth-order valence-electron chi connectivity index (χ4n) is 1.78. The number of anilines is 1. The number of benzene rings is 1.